The number of hydrogen-bond acceptors (Lipinski definition) is 3. The Morgan fingerprint density at radius 2 is 2.29 bits per heavy atom. The van der Waals surface area contributed by atoms with E-state index in [-0.39, 0.29) is 18.7 Å². The minimum absolute atomic E-state index is 0.0252. The second-order valence-corrected chi connectivity index (χ2v) is 7.07. The Morgan fingerprint density at radius 1 is 1.43 bits per heavy atom. The van der Waals surface area contributed by atoms with E-state index in [4.69, 9.17) is 0 Å². The molecule has 2 aliphatic heterocycles. The summed E-state index contributed by atoms with van der Waals surface area (Å²) in [5.41, 5.74) is 2.32. The summed E-state index contributed by atoms with van der Waals surface area (Å²) < 4.78 is 0. The minimum atomic E-state index is -0.216. The van der Waals surface area contributed by atoms with Crippen molar-refractivity contribution in [3.05, 3.63) is 35.4 Å². The van der Waals surface area contributed by atoms with Gasteiger partial charge < -0.3 is 15.3 Å². The summed E-state index contributed by atoms with van der Waals surface area (Å²) in [6.45, 7) is 1.38. The first-order chi connectivity index (χ1) is 10.3. The largest absolute Gasteiger partial charge is 0.394 e. The Morgan fingerprint density at radius 3 is 3.05 bits per heavy atom. The molecule has 0 aromatic heterocycles. The van der Waals surface area contributed by atoms with Gasteiger partial charge >= 0.3 is 6.03 Å². The van der Waals surface area contributed by atoms with Gasteiger partial charge in [0.1, 0.15) is 0 Å². The van der Waals surface area contributed by atoms with Crippen molar-refractivity contribution in [2.24, 2.45) is 0 Å². The average molecular weight is 306 g/mol. The number of hydrogen-bond donors (Lipinski definition) is 2. The number of thioether (sulfide) groups is 1. The lowest BCUT2D eigenvalue weighted by Gasteiger charge is -2.36. The summed E-state index contributed by atoms with van der Waals surface area (Å²) in [7, 11) is 0. The van der Waals surface area contributed by atoms with Crippen molar-refractivity contribution in [1.29, 1.82) is 0 Å². The van der Waals surface area contributed by atoms with Crippen LogP contribution in [-0.4, -0.2) is 46.7 Å². The molecule has 1 fully saturated rings. The number of fused-ring (bicyclic) bond motifs is 1. The lowest BCUT2D eigenvalue weighted by atomic mass is 9.93. The monoisotopic (exact) mass is 306 g/mol. The van der Waals surface area contributed by atoms with E-state index in [2.05, 4.69) is 11.4 Å². The molecular weight excluding hydrogens is 284 g/mol. The Kier molecular flexibility index (Phi) is 4.70. The van der Waals surface area contributed by atoms with Crippen molar-refractivity contribution in [2.75, 3.05) is 25.4 Å². The van der Waals surface area contributed by atoms with E-state index in [1.165, 1.54) is 24.2 Å². The highest BCUT2D eigenvalue weighted by molar-refractivity contribution is 8.00. The van der Waals surface area contributed by atoms with Crippen molar-refractivity contribution in [3.63, 3.8) is 0 Å². The van der Waals surface area contributed by atoms with E-state index in [9.17, 15) is 9.90 Å². The van der Waals surface area contributed by atoms with Gasteiger partial charge in [0.15, 0.2) is 0 Å². The number of aliphatic hydroxyl groups excluding tert-OH is 1. The lowest BCUT2D eigenvalue weighted by molar-refractivity contribution is 0.127. The van der Waals surface area contributed by atoms with Gasteiger partial charge in [-0.05, 0) is 36.1 Å². The molecule has 114 valence electrons. The van der Waals surface area contributed by atoms with Gasteiger partial charge in [-0.2, -0.15) is 11.8 Å². The van der Waals surface area contributed by atoms with Crippen LogP contribution in [0.3, 0.4) is 0 Å². The smallest absolute Gasteiger partial charge is 0.318 e. The third-order valence-corrected chi connectivity index (χ3v) is 5.75. The molecule has 1 saturated heterocycles. The lowest BCUT2D eigenvalue weighted by Crippen LogP contribution is -2.48. The summed E-state index contributed by atoms with van der Waals surface area (Å²) >= 11 is 1.94. The first-order valence-electron chi connectivity index (χ1n) is 7.64. The second-order valence-electron chi connectivity index (χ2n) is 5.66. The number of amides is 2. The third-order valence-electron chi connectivity index (χ3n) is 4.35. The van der Waals surface area contributed by atoms with Crippen LogP contribution in [0.15, 0.2) is 24.3 Å². The highest BCUT2D eigenvalue weighted by atomic mass is 32.2. The molecule has 0 aliphatic carbocycles. The van der Waals surface area contributed by atoms with Gasteiger partial charge in [0, 0.05) is 18.3 Å². The van der Waals surface area contributed by atoms with Gasteiger partial charge in [-0.3, -0.25) is 0 Å². The Balaban J connectivity index is 1.65. The average Bonchev–Trinajstić information content (AvgIpc) is 3.04. The van der Waals surface area contributed by atoms with Crippen molar-refractivity contribution >= 4 is 17.8 Å². The number of benzene rings is 1. The Bertz CT molecular complexity index is 503. The molecule has 0 spiro atoms. The maximum Gasteiger partial charge on any atom is 0.318 e. The van der Waals surface area contributed by atoms with Crippen molar-refractivity contribution < 1.29 is 9.90 Å². The van der Waals surface area contributed by atoms with Gasteiger partial charge in [0.05, 0.1) is 12.6 Å². The molecule has 2 amide bonds. The minimum Gasteiger partial charge on any atom is -0.394 e. The van der Waals surface area contributed by atoms with Crippen LogP contribution >= 0.6 is 11.8 Å². The van der Waals surface area contributed by atoms with E-state index in [1.54, 1.807) is 4.90 Å². The molecular formula is C16H22N2O2S. The van der Waals surface area contributed by atoms with Crippen LogP contribution in [0.25, 0.3) is 0 Å². The molecule has 4 nitrogen and oxygen atoms in total. The van der Waals surface area contributed by atoms with Crippen LogP contribution in [0, 0.1) is 0 Å². The van der Waals surface area contributed by atoms with Crippen molar-refractivity contribution in [2.45, 2.75) is 30.6 Å². The molecule has 0 bridgehead atoms. The predicted molar refractivity (Wildman–Crippen MR) is 85.6 cm³/mol. The fourth-order valence-corrected chi connectivity index (χ4v) is 4.40. The van der Waals surface area contributed by atoms with Gasteiger partial charge in [-0.25, -0.2) is 4.79 Å². The number of aliphatic hydroxyl groups is 1. The maximum absolute atomic E-state index is 12.4. The molecule has 3 rings (SSSR count). The van der Waals surface area contributed by atoms with E-state index >= 15 is 0 Å². The molecule has 2 aliphatic rings. The zero-order valence-electron chi connectivity index (χ0n) is 12.1. The fraction of sp³-hybridized carbons (Fsp3) is 0.562. The zero-order chi connectivity index (χ0) is 14.7. The number of carbonyl (C=O) groups excluding carboxylic acids is 1. The summed E-state index contributed by atoms with van der Waals surface area (Å²) in [6.07, 6.45) is 3.30. The van der Waals surface area contributed by atoms with Gasteiger partial charge in [-0.1, -0.05) is 24.3 Å². The van der Waals surface area contributed by atoms with Crippen LogP contribution in [0.5, 0.6) is 0 Å². The molecule has 1 aromatic rings. The van der Waals surface area contributed by atoms with Crippen molar-refractivity contribution in [3.8, 4) is 0 Å². The van der Waals surface area contributed by atoms with E-state index in [0.29, 0.717) is 11.8 Å². The van der Waals surface area contributed by atoms with Crippen LogP contribution < -0.4 is 5.32 Å². The van der Waals surface area contributed by atoms with E-state index in [0.717, 1.165) is 18.5 Å². The molecule has 2 atom stereocenters. The number of carbonyl (C=O) groups is 1. The molecule has 2 unspecified atom stereocenters. The highest BCUT2D eigenvalue weighted by Gasteiger charge is 2.30. The number of urea groups is 1. The first kappa shape index (κ1) is 14.7. The number of nitrogens with one attached hydrogen (secondary N) is 1. The SMILES string of the molecule is O=C(NCC1CCCS1)N1CCc2ccccc2C1CO. The normalized spacial score (nSPS) is 24.7. The Labute approximate surface area is 129 Å². The molecule has 21 heavy (non-hydrogen) atoms. The standard InChI is InChI=1S/C16H22N2O2S/c19-11-15-14-6-2-1-4-12(14)7-8-18(15)16(20)17-10-13-5-3-9-21-13/h1-2,4,6,13,15,19H,3,5,7-11H2,(H,17,20). The van der Waals surface area contributed by atoms with Crippen LogP contribution in [0.4, 0.5) is 4.79 Å². The Hall–Kier alpha value is -1.20. The molecule has 2 N–H and O–H groups in total. The maximum atomic E-state index is 12.4. The van der Waals surface area contributed by atoms with E-state index < -0.39 is 0 Å². The molecule has 2 heterocycles. The third kappa shape index (κ3) is 3.19. The van der Waals surface area contributed by atoms with E-state index in [1.807, 2.05) is 30.0 Å². The van der Waals surface area contributed by atoms with Gasteiger partial charge in [0.2, 0.25) is 0 Å². The summed E-state index contributed by atoms with van der Waals surface area (Å²) in [5, 5.41) is 13.3. The molecule has 0 radical (unpaired) electrons. The fourth-order valence-electron chi connectivity index (χ4n) is 3.20. The molecule has 1 aromatic carbocycles. The first-order valence-corrected chi connectivity index (χ1v) is 8.69. The molecule has 5 heteroatoms. The predicted octanol–water partition coefficient (Wildman–Crippen LogP) is 2.18. The zero-order valence-corrected chi connectivity index (χ0v) is 12.9. The van der Waals surface area contributed by atoms with Crippen molar-refractivity contribution in [1.82, 2.24) is 10.2 Å². The number of rotatable bonds is 3. The van der Waals surface area contributed by atoms with Crippen LogP contribution in [0.2, 0.25) is 0 Å². The summed E-state index contributed by atoms with van der Waals surface area (Å²) in [5.74, 6) is 1.21. The topological polar surface area (TPSA) is 52.6 Å². The second kappa shape index (κ2) is 6.71. The quantitative estimate of drug-likeness (QED) is 0.900. The number of nitrogens with zero attached hydrogens (tertiary/aromatic N) is 1. The van der Waals surface area contributed by atoms with Gasteiger partial charge in [0.25, 0.3) is 0 Å². The highest BCUT2D eigenvalue weighted by Crippen LogP contribution is 2.29. The summed E-state index contributed by atoms with van der Waals surface area (Å²) in [4.78, 5) is 14.2. The van der Waals surface area contributed by atoms with Crippen LogP contribution in [-0.2, 0) is 6.42 Å². The van der Waals surface area contributed by atoms with Crippen LogP contribution in [0.1, 0.15) is 30.0 Å². The molecule has 0 saturated carbocycles. The van der Waals surface area contributed by atoms with Gasteiger partial charge in [-0.15, -0.1) is 0 Å². The summed E-state index contributed by atoms with van der Waals surface area (Å²) in [6, 6.07) is 7.82.